The van der Waals surface area contributed by atoms with E-state index in [1.54, 1.807) is 0 Å². The molecule has 0 bridgehead atoms. The van der Waals surface area contributed by atoms with Gasteiger partial charge in [0.15, 0.2) is 0 Å². The summed E-state index contributed by atoms with van der Waals surface area (Å²) in [5, 5.41) is 0.303. The molecule has 0 radical (unpaired) electrons. The van der Waals surface area contributed by atoms with E-state index in [2.05, 4.69) is 11.0 Å². The van der Waals surface area contributed by atoms with Crippen LogP contribution in [-0.4, -0.2) is 23.4 Å². The van der Waals surface area contributed by atoms with Crippen molar-refractivity contribution in [3.63, 3.8) is 0 Å². The molecule has 1 nitrogen and oxygen atoms in total. The highest BCUT2D eigenvalue weighted by atomic mass is 35.5. The Balaban J connectivity index is 2.04. The van der Waals surface area contributed by atoms with Crippen LogP contribution in [0.4, 0.5) is 0 Å². The van der Waals surface area contributed by atoms with Crippen LogP contribution in [0.15, 0.2) is 11.8 Å². The quantitative estimate of drug-likeness (QED) is 0.568. The summed E-state index contributed by atoms with van der Waals surface area (Å²) in [7, 11) is 0. The van der Waals surface area contributed by atoms with Gasteiger partial charge in [-0.05, 0) is 32.1 Å². The van der Waals surface area contributed by atoms with Crippen LogP contribution in [0, 0.1) is 0 Å². The number of halogens is 1. The van der Waals surface area contributed by atoms with Crippen molar-refractivity contribution in [3.8, 4) is 0 Å². The number of nitrogens with zero attached hydrogens (tertiary/aromatic N) is 1. The van der Waals surface area contributed by atoms with Crippen molar-refractivity contribution in [2.45, 2.75) is 37.5 Å². The normalized spacial score (nSPS) is 30.6. The molecule has 1 unspecified atom stereocenters. The second-order valence-corrected chi connectivity index (χ2v) is 4.25. The predicted molar refractivity (Wildman–Crippen MR) is 52.4 cm³/mol. The van der Waals surface area contributed by atoms with Gasteiger partial charge in [0.25, 0.3) is 0 Å². The molecule has 1 heterocycles. The molecule has 1 aliphatic carbocycles. The minimum Gasteiger partial charge on any atom is -0.374 e. The number of allylic oxidation sites excluding steroid dienone is 2. The molecule has 0 N–H and O–H groups in total. The summed E-state index contributed by atoms with van der Waals surface area (Å²) in [6, 6.07) is 0. The Morgan fingerprint density at radius 1 is 1.25 bits per heavy atom. The van der Waals surface area contributed by atoms with Crippen molar-refractivity contribution >= 4 is 11.6 Å². The second kappa shape index (κ2) is 3.69. The van der Waals surface area contributed by atoms with E-state index in [0.717, 1.165) is 0 Å². The van der Waals surface area contributed by atoms with Crippen LogP contribution in [0.5, 0.6) is 0 Å². The minimum absolute atomic E-state index is 0.303. The maximum Gasteiger partial charge on any atom is 0.0730 e. The van der Waals surface area contributed by atoms with Gasteiger partial charge in [-0.15, -0.1) is 11.6 Å². The minimum atomic E-state index is 0.303. The number of likely N-dealkylation sites (tertiary alicyclic amines) is 1. The van der Waals surface area contributed by atoms with Gasteiger partial charge in [0.2, 0.25) is 0 Å². The molecule has 2 heteroatoms. The Bertz CT molecular complexity index is 182. The summed E-state index contributed by atoms with van der Waals surface area (Å²) in [6.07, 6.45) is 8.71. The molecule has 0 amide bonds. The largest absolute Gasteiger partial charge is 0.374 e. The topological polar surface area (TPSA) is 3.24 Å². The van der Waals surface area contributed by atoms with Crippen molar-refractivity contribution in [2.75, 3.05) is 13.1 Å². The molecule has 68 valence electrons. The van der Waals surface area contributed by atoms with Crippen molar-refractivity contribution < 1.29 is 0 Å². The molecule has 0 aromatic rings. The summed E-state index contributed by atoms with van der Waals surface area (Å²) < 4.78 is 0. The highest BCUT2D eigenvalue weighted by molar-refractivity contribution is 6.22. The van der Waals surface area contributed by atoms with Crippen molar-refractivity contribution in [2.24, 2.45) is 0 Å². The first-order chi connectivity index (χ1) is 5.88. The molecule has 2 aliphatic rings. The molecule has 0 saturated carbocycles. The monoisotopic (exact) mass is 185 g/mol. The lowest BCUT2D eigenvalue weighted by Crippen LogP contribution is -2.26. The molecule has 1 atom stereocenters. The van der Waals surface area contributed by atoms with E-state index in [4.69, 9.17) is 11.6 Å². The fraction of sp³-hybridized carbons (Fsp3) is 0.800. The maximum absolute atomic E-state index is 6.25. The van der Waals surface area contributed by atoms with E-state index < -0.39 is 0 Å². The first-order valence-electron chi connectivity index (χ1n) is 4.97. The van der Waals surface area contributed by atoms with Gasteiger partial charge in [0, 0.05) is 18.8 Å². The molecule has 0 aromatic carbocycles. The number of hydrogen-bond donors (Lipinski definition) is 0. The van der Waals surface area contributed by atoms with Crippen LogP contribution >= 0.6 is 11.6 Å². The third kappa shape index (κ3) is 1.61. The summed E-state index contributed by atoms with van der Waals surface area (Å²) in [5.74, 6) is 0. The van der Waals surface area contributed by atoms with Crippen LogP contribution in [0.2, 0.25) is 0 Å². The van der Waals surface area contributed by atoms with Crippen LogP contribution < -0.4 is 0 Å². The SMILES string of the molecule is ClC1CCCC=C1N1CCCC1. The predicted octanol–water partition coefficient (Wildman–Crippen LogP) is 2.76. The van der Waals surface area contributed by atoms with Gasteiger partial charge < -0.3 is 4.90 Å². The van der Waals surface area contributed by atoms with E-state index in [-0.39, 0.29) is 0 Å². The first-order valence-corrected chi connectivity index (χ1v) is 5.40. The lowest BCUT2D eigenvalue weighted by molar-refractivity contribution is 0.395. The van der Waals surface area contributed by atoms with E-state index >= 15 is 0 Å². The lowest BCUT2D eigenvalue weighted by Gasteiger charge is -2.28. The van der Waals surface area contributed by atoms with Gasteiger partial charge in [0.05, 0.1) is 5.38 Å². The summed E-state index contributed by atoms with van der Waals surface area (Å²) in [4.78, 5) is 2.47. The Morgan fingerprint density at radius 2 is 2.00 bits per heavy atom. The molecular weight excluding hydrogens is 170 g/mol. The average Bonchev–Trinajstić information content (AvgIpc) is 2.57. The zero-order valence-electron chi connectivity index (χ0n) is 7.43. The van der Waals surface area contributed by atoms with Crippen molar-refractivity contribution in [1.82, 2.24) is 4.90 Å². The molecule has 1 fully saturated rings. The standard InChI is InChI=1S/C10H16ClN/c11-9-5-1-2-6-10(9)12-7-3-4-8-12/h6,9H,1-5,7-8H2. The number of hydrogen-bond acceptors (Lipinski definition) is 1. The van der Waals surface area contributed by atoms with Crippen LogP contribution in [0.1, 0.15) is 32.1 Å². The molecule has 0 aromatic heterocycles. The van der Waals surface area contributed by atoms with Crippen LogP contribution in [0.3, 0.4) is 0 Å². The van der Waals surface area contributed by atoms with Gasteiger partial charge in [0.1, 0.15) is 0 Å². The number of alkyl halides is 1. The molecule has 0 spiro atoms. The highest BCUT2D eigenvalue weighted by Gasteiger charge is 2.22. The summed E-state index contributed by atoms with van der Waals surface area (Å²) in [5.41, 5.74) is 1.42. The van der Waals surface area contributed by atoms with Gasteiger partial charge >= 0.3 is 0 Å². The van der Waals surface area contributed by atoms with Crippen LogP contribution in [-0.2, 0) is 0 Å². The molecule has 2 rings (SSSR count). The zero-order chi connectivity index (χ0) is 8.39. The average molecular weight is 186 g/mol. The third-order valence-corrected chi connectivity index (χ3v) is 3.25. The zero-order valence-corrected chi connectivity index (χ0v) is 8.19. The summed E-state index contributed by atoms with van der Waals surface area (Å²) >= 11 is 6.25. The second-order valence-electron chi connectivity index (χ2n) is 3.72. The highest BCUT2D eigenvalue weighted by Crippen LogP contribution is 2.28. The van der Waals surface area contributed by atoms with Gasteiger partial charge in [-0.1, -0.05) is 6.08 Å². The fourth-order valence-electron chi connectivity index (χ4n) is 2.13. The summed E-state index contributed by atoms with van der Waals surface area (Å²) in [6.45, 7) is 2.46. The molecular formula is C10H16ClN. The molecule has 12 heavy (non-hydrogen) atoms. The van der Waals surface area contributed by atoms with Crippen LogP contribution in [0.25, 0.3) is 0 Å². The van der Waals surface area contributed by atoms with Crippen molar-refractivity contribution in [1.29, 1.82) is 0 Å². The first kappa shape index (κ1) is 8.43. The van der Waals surface area contributed by atoms with E-state index in [1.165, 1.54) is 50.9 Å². The molecule has 1 saturated heterocycles. The van der Waals surface area contributed by atoms with E-state index in [1.807, 2.05) is 0 Å². The molecule has 1 aliphatic heterocycles. The Kier molecular flexibility index (Phi) is 2.60. The smallest absolute Gasteiger partial charge is 0.0730 e. The number of rotatable bonds is 1. The Hall–Kier alpha value is -0.170. The van der Waals surface area contributed by atoms with Gasteiger partial charge in [-0.25, -0.2) is 0 Å². The van der Waals surface area contributed by atoms with E-state index in [0.29, 0.717) is 5.38 Å². The van der Waals surface area contributed by atoms with E-state index in [9.17, 15) is 0 Å². The fourth-order valence-corrected chi connectivity index (χ4v) is 2.51. The van der Waals surface area contributed by atoms with Gasteiger partial charge in [-0.3, -0.25) is 0 Å². The third-order valence-electron chi connectivity index (χ3n) is 2.81. The Labute approximate surface area is 79.4 Å². The van der Waals surface area contributed by atoms with Gasteiger partial charge in [-0.2, -0.15) is 0 Å². The Morgan fingerprint density at radius 3 is 2.67 bits per heavy atom. The lowest BCUT2D eigenvalue weighted by atomic mass is 10.0. The maximum atomic E-state index is 6.25. The van der Waals surface area contributed by atoms with Crippen molar-refractivity contribution in [3.05, 3.63) is 11.8 Å².